The summed E-state index contributed by atoms with van der Waals surface area (Å²) in [5.41, 5.74) is 6.87. The Balaban J connectivity index is 2.70. The molecule has 1 aromatic carbocycles. The van der Waals surface area contributed by atoms with E-state index >= 15 is 0 Å². The highest BCUT2D eigenvalue weighted by atomic mass is 19.1. The number of hydrogen-bond donors (Lipinski definition) is 2. The van der Waals surface area contributed by atoms with Crippen molar-refractivity contribution in [3.63, 3.8) is 0 Å². The van der Waals surface area contributed by atoms with Crippen molar-refractivity contribution in [3.05, 3.63) is 47.0 Å². The van der Waals surface area contributed by atoms with E-state index in [1.807, 2.05) is 0 Å². The van der Waals surface area contributed by atoms with Gasteiger partial charge in [-0.1, -0.05) is 12.1 Å². The van der Waals surface area contributed by atoms with Crippen LogP contribution in [0.3, 0.4) is 0 Å². The average Bonchev–Trinajstić information content (AvgIpc) is 2.29. The summed E-state index contributed by atoms with van der Waals surface area (Å²) in [5.74, 6) is -0.825. The summed E-state index contributed by atoms with van der Waals surface area (Å²) in [4.78, 5) is 11.6. The van der Waals surface area contributed by atoms with Crippen LogP contribution in [-0.2, 0) is 16.1 Å². The number of carbonyl (C=O) groups is 1. The molecule has 5 heteroatoms. The third-order valence-electron chi connectivity index (χ3n) is 2.23. The zero-order valence-corrected chi connectivity index (χ0v) is 10.5. The van der Waals surface area contributed by atoms with Crippen molar-refractivity contribution in [1.29, 1.82) is 0 Å². The highest BCUT2D eigenvalue weighted by Crippen LogP contribution is 2.05. The lowest BCUT2D eigenvalue weighted by molar-refractivity contribution is -0.139. The first-order valence-corrected chi connectivity index (χ1v) is 5.66. The number of benzene rings is 1. The van der Waals surface area contributed by atoms with Crippen LogP contribution in [-0.4, -0.2) is 12.6 Å². The molecule has 1 aromatic rings. The number of halogens is 1. The van der Waals surface area contributed by atoms with Gasteiger partial charge in [-0.05, 0) is 31.5 Å². The van der Waals surface area contributed by atoms with Crippen LogP contribution in [0.5, 0.6) is 0 Å². The quantitative estimate of drug-likeness (QED) is 0.618. The van der Waals surface area contributed by atoms with Crippen LogP contribution >= 0.6 is 0 Å². The number of allylic oxidation sites excluding steroid dienone is 1. The van der Waals surface area contributed by atoms with E-state index in [9.17, 15) is 9.18 Å². The molecule has 0 spiro atoms. The SMILES string of the molecule is CCOC(=O)/C(NCc1cccc(F)c1)=C(\C)N. The monoisotopic (exact) mass is 252 g/mol. The summed E-state index contributed by atoms with van der Waals surface area (Å²) in [6.07, 6.45) is 0. The molecule has 0 heterocycles. The van der Waals surface area contributed by atoms with Crippen molar-refractivity contribution in [3.8, 4) is 0 Å². The van der Waals surface area contributed by atoms with E-state index in [0.29, 0.717) is 12.2 Å². The Morgan fingerprint density at radius 2 is 2.22 bits per heavy atom. The van der Waals surface area contributed by atoms with E-state index in [0.717, 1.165) is 5.56 Å². The predicted molar refractivity (Wildman–Crippen MR) is 66.8 cm³/mol. The van der Waals surface area contributed by atoms with Crippen molar-refractivity contribution in [2.45, 2.75) is 20.4 Å². The molecule has 0 saturated heterocycles. The van der Waals surface area contributed by atoms with Gasteiger partial charge in [0, 0.05) is 12.2 Å². The van der Waals surface area contributed by atoms with Gasteiger partial charge in [-0.25, -0.2) is 9.18 Å². The first-order valence-electron chi connectivity index (χ1n) is 5.66. The molecular formula is C13H17FN2O2. The largest absolute Gasteiger partial charge is 0.461 e. The maximum absolute atomic E-state index is 13.0. The molecule has 0 amide bonds. The smallest absolute Gasteiger partial charge is 0.356 e. The van der Waals surface area contributed by atoms with Crippen molar-refractivity contribution in [2.75, 3.05) is 6.61 Å². The zero-order valence-electron chi connectivity index (χ0n) is 10.5. The van der Waals surface area contributed by atoms with Crippen molar-refractivity contribution in [2.24, 2.45) is 5.73 Å². The minimum absolute atomic E-state index is 0.209. The standard InChI is InChI=1S/C13H17FN2O2/c1-3-18-13(17)12(9(2)15)16-8-10-5-4-6-11(14)7-10/h4-7,16H,3,8,15H2,1-2H3/b12-9-. The Morgan fingerprint density at radius 1 is 1.50 bits per heavy atom. The van der Waals surface area contributed by atoms with E-state index < -0.39 is 5.97 Å². The summed E-state index contributed by atoms with van der Waals surface area (Å²) in [6, 6.07) is 6.11. The highest BCUT2D eigenvalue weighted by Gasteiger charge is 2.12. The molecule has 98 valence electrons. The third-order valence-corrected chi connectivity index (χ3v) is 2.23. The van der Waals surface area contributed by atoms with Gasteiger partial charge in [0.15, 0.2) is 0 Å². The number of ether oxygens (including phenoxy) is 1. The predicted octanol–water partition coefficient (Wildman–Crippen LogP) is 1.67. The van der Waals surface area contributed by atoms with Gasteiger partial charge in [-0.15, -0.1) is 0 Å². The Labute approximate surface area is 106 Å². The number of nitrogens with one attached hydrogen (secondary N) is 1. The molecule has 0 aliphatic heterocycles. The topological polar surface area (TPSA) is 64.3 Å². The van der Waals surface area contributed by atoms with Gasteiger partial charge in [0.1, 0.15) is 11.5 Å². The van der Waals surface area contributed by atoms with Crippen LogP contribution in [0.2, 0.25) is 0 Å². The molecule has 0 bridgehead atoms. The normalized spacial score (nSPS) is 11.7. The first-order chi connectivity index (χ1) is 8.54. The molecule has 0 aliphatic rings. The maximum atomic E-state index is 13.0. The molecule has 18 heavy (non-hydrogen) atoms. The Morgan fingerprint density at radius 3 is 2.78 bits per heavy atom. The Kier molecular flexibility index (Phi) is 5.17. The van der Waals surface area contributed by atoms with Gasteiger partial charge in [-0.3, -0.25) is 0 Å². The molecule has 0 unspecified atom stereocenters. The minimum atomic E-state index is -0.506. The van der Waals surface area contributed by atoms with Crippen LogP contribution in [0, 0.1) is 5.82 Å². The first kappa shape index (κ1) is 14.0. The molecular weight excluding hydrogens is 235 g/mol. The molecule has 1 rings (SSSR count). The Bertz CT molecular complexity index is 454. The van der Waals surface area contributed by atoms with Gasteiger partial charge in [0.05, 0.1) is 6.61 Å². The number of hydrogen-bond acceptors (Lipinski definition) is 4. The highest BCUT2D eigenvalue weighted by molar-refractivity contribution is 5.88. The van der Waals surface area contributed by atoms with Gasteiger partial charge >= 0.3 is 5.97 Å². The van der Waals surface area contributed by atoms with Crippen LogP contribution in [0.25, 0.3) is 0 Å². The van der Waals surface area contributed by atoms with Crippen LogP contribution in [0.1, 0.15) is 19.4 Å². The lowest BCUT2D eigenvalue weighted by atomic mass is 10.2. The van der Waals surface area contributed by atoms with Crippen molar-refractivity contribution < 1.29 is 13.9 Å². The number of nitrogens with two attached hydrogens (primary N) is 1. The summed E-state index contributed by atoms with van der Waals surface area (Å²) in [7, 11) is 0. The van der Waals surface area contributed by atoms with Crippen LogP contribution in [0.4, 0.5) is 4.39 Å². The van der Waals surface area contributed by atoms with Gasteiger partial charge in [-0.2, -0.15) is 0 Å². The van der Waals surface area contributed by atoms with Crippen molar-refractivity contribution in [1.82, 2.24) is 5.32 Å². The molecule has 4 nitrogen and oxygen atoms in total. The fourth-order valence-corrected chi connectivity index (χ4v) is 1.41. The van der Waals surface area contributed by atoms with E-state index in [4.69, 9.17) is 10.5 Å². The zero-order chi connectivity index (χ0) is 13.5. The molecule has 0 aliphatic carbocycles. The number of carbonyl (C=O) groups excluding carboxylic acids is 1. The van der Waals surface area contributed by atoms with E-state index in [1.165, 1.54) is 12.1 Å². The third kappa shape index (κ3) is 4.08. The second-order valence-corrected chi connectivity index (χ2v) is 3.76. The van der Waals surface area contributed by atoms with Gasteiger partial charge in [0.2, 0.25) is 0 Å². The summed E-state index contributed by atoms with van der Waals surface area (Å²) in [6.45, 7) is 3.90. The summed E-state index contributed by atoms with van der Waals surface area (Å²) in [5, 5.41) is 2.86. The summed E-state index contributed by atoms with van der Waals surface area (Å²) >= 11 is 0. The molecule has 0 aromatic heterocycles. The van der Waals surface area contributed by atoms with E-state index in [-0.39, 0.29) is 18.1 Å². The second kappa shape index (κ2) is 6.64. The van der Waals surface area contributed by atoms with Crippen molar-refractivity contribution >= 4 is 5.97 Å². The van der Waals surface area contributed by atoms with Crippen LogP contribution < -0.4 is 11.1 Å². The lowest BCUT2D eigenvalue weighted by Gasteiger charge is -2.11. The molecule has 3 N–H and O–H groups in total. The molecule has 0 atom stereocenters. The molecule has 0 fully saturated rings. The minimum Gasteiger partial charge on any atom is -0.461 e. The fraction of sp³-hybridized carbons (Fsp3) is 0.308. The Hall–Kier alpha value is -2.04. The lowest BCUT2D eigenvalue weighted by Crippen LogP contribution is -2.25. The fourth-order valence-electron chi connectivity index (χ4n) is 1.41. The average molecular weight is 252 g/mol. The molecule has 0 saturated carbocycles. The number of rotatable bonds is 5. The van der Waals surface area contributed by atoms with Crippen LogP contribution in [0.15, 0.2) is 35.7 Å². The summed E-state index contributed by atoms with van der Waals surface area (Å²) < 4.78 is 17.8. The van der Waals surface area contributed by atoms with Gasteiger partial charge < -0.3 is 15.8 Å². The second-order valence-electron chi connectivity index (χ2n) is 3.76. The maximum Gasteiger partial charge on any atom is 0.356 e. The van der Waals surface area contributed by atoms with E-state index in [1.54, 1.807) is 26.0 Å². The molecule has 0 radical (unpaired) electrons. The van der Waals surface area contributed by atoms with E-state index in [2.05, 4.69) is 5.32 Å². The number of esters is 1. The van der Waals surface area contributed by atoms with Gasteiger partial charge in [0.25, 0.3) is 0 Å².